The van der Waals surface area contributed by atoms with Gasteiger partial charge in [0.2, 0.25) is 5.91 Å². The summed E-state index contributed by atoms with van der Waals surface area (Å²) in [5.74, 6) is -0.491. The SMILES string of the molecule is Cc1c[nH]c(CC(N)=O)c1C(=O)N(C)C1CCc2ccccc2C1. The molecule has 5 nitrogen and oxygen atoms in total. The highest BCUT2D eigenvalue weighted by Crippen LogP contribution is 2.26. The molecule has 2 amide bonds. The molecule has 1 unspecified atom stereocenters. The number of carbonyl (C=O) groups is 2. The first kappa shape index (κ1) is 16.3. The van der Waals surface area contributed by atoms with Crippen LogP contribution in [0.3, 0.4) is 0 Å². The van der Waals surface area contributed by atoms with Gasteiger partial charge in [-0.2, -0.15) is 0 Å². The number of nitrogens with two attached hydrogens (primary N) is 1. The predicted molar refractivity (Wildman–Crippen MR) is 92.8 cm³/mol. The number of amides is 2. The van der Waals surface area contributed by atoms with E-state index in [1.165, 1.54) is 11.1 Å². The summed E-state index contributed by atoms with van der Waals surface area (Å²) in [7, 11) is 1.85. The Morgan fingerprint density at radius 3 is 2.71 bits per heavy atom. The third-order valence-corrected chi connectivity index (χ3v) is 4.91. The van der Waals surface area contributed by atoms with Crippen LogP contribution in [0.4, 0.5) is 0 Å². The zero-order valence-electron chi connectivity index (χ0n) is 14.1. The Morgan fingerprint density at radius 1 is 1.29 bits per heavy atom. The van der Waals surface area contributed by atoms with Crippen LogP contribution in [-0.4, -0.2) is 34.8 Å². The maximum atomic E-state index is 13.0. The van der Waals surface area contributed by atoms with Gasteiger partial charge < -0.3 is 15.6 Å². The van der Waals surface area contributed by atoms with Crippen LogP contribution >= 0.6 is 0 Å². The van der Waals surface area contributed by atoms with E-state index in [0.717, 1.165) is 24.8 Å². The van der Waals surface area contributed by atoms with Gasteiger partial charge in [-0.15, -0.1) is 0 Å². The number of aromatic amines is 1. The number of aromatic nitrogens is 1. The van der Waals surface area contributed by atoms with Crippen molar-refractivity contribution in [2.45, 2.75) is 38.6 Å². The van der Waals surface area contributed by atoms with E-state index in [4.69, 9.17) is 5.73 Å². The minimum Gasteiger partial charge on any atom is -0.369 e. The monoisotopic (exact) mass is 325 g/mol. The lowest BCUT2D eigenvalue weighted by atomic mass is 9.87. The van der Waals surface area contributed by atoms with Gasteiger partial charge in [0.25, 0.3) is 5.91 Å². The minimum absolute atomic E-state index is 0.0469. The fourth-order valence-corrected chi connectivity index (χ4v) is 3.54. The van der Waals surface area contributed by atoms with Gasteiger partial charge in [0.1, 0.15) is 0 Å². The van der Waals surface area contributed by atoms with Crippen molar-refractivity contribution in [3.05, 3.63) is 58.4 Å². The number of primary amides is 1. The molecule has 0 saturated carbocycles. The van der Waals surface area contributed by atoms with Crippen molar-refractivity contribution < 1.29 is 9.59 Å². The van der Waals surface area contributed by atoms with E-state index in [9.17, 15) is 9.59 Å². The molecule has 0 spiro atoms. The largest absolute Gasteiger partial charge is 0.369 e. The van der Waals surface area contributed by atoms with Crippen LogP contribution < -0.4 is 5.73 Å². The van der Waals surface area contributed by atoms with E-state index >= 15 is 0 Å². The zero-order valence-corrected chi connectivity index (χ0v) is 14.1. The highest BCUT2D eigenvalue weighted by atomic mass is 16.2. The average Bonchev–Trinajstić information content (AvgIpc) is 2.92. The Kier molecular flexibility index (Phi) is 4.42. The highest BCUT2D eigenvalue weighted by molar-refractivity contribution is 5.98. The van der Waals surface area contributed by atoms with E-state index in [1.807, 2.05) is 24.9 Å². The van der Waals surface area contributed by atoms with Crippen molar-refractivity contribution in [1.29, 1.82) is 0 Å². The fourth-order valence-electron chi connectivity index (χ4n) is 3.54. The summed E-state index contributed by atoms with van der Waals surface area (Å²) >= 11 is 0. The standard InChI is InChI=1S/C19H23N3O2/c1-12-11-21-16(10-17(20)23)18(12)19(24)22(2)15-8-7-13-5-3-4-6-14(13)9-15/h3-6,11,15,21H,7-10H2,1-2H3,(H2,20,23). The summed E-state index contributed by atoms with van der Waals surface area (Å²) < 4.78 is 0. The second kappa shape index (κ2) is 6.51. The molecule has 3 rings (SSSR count). The Morgan fingerprint density at radius 2 is 2.00 bits per heavy atom. The summed E-state index contributed by atoms with van der Waals surface area (Å²) in [5, 5.41) is 0. The molecule has 126 valence electrons. The van der Waals surface area contributed by atoms with Crippen molar-refractivity contribution >= 4 is 11.8 Å². The Hall–Kier alpha value is -2.56. The first-order chi connectivity index (χ1) is 11.5. The molecule has 3 N–H and O–H groups in total. The van der Waals surface area contributed by atoms with E-state index in [0.29, 0.717) is 11.3 Å². The number of rotatable bonds is 4. The van der Waals surface area contributed by atoms with E-state index < -0.39 is 5.91 Å². The summed E-state index contributed by atoms with van der Waals surface area (Å²) in [6.07, 6.45) is 4.62. The molecule has 2 aromatic rings. The summed E-state index contributed by atoms with van der Waals surface area (Å²) in [6, 6.07) is 8.58. The van der Waals surface area contributed by atoms with Crippen LogP contribution in [0.25, 0.3) is 0 Å². The molecule has 1 aliphatic rings. The molecule has 0 radical (unpaired) electrons. The Labute approximate surface area is 141 Å². The number of hydrogen-bond acceptors (Lipinski definition) is 2. The molecule has 0 aliphatic heterocycles. The van der Waals surface area contributed by atoms with Gasteiger partial charge >= 0.3 is 0 Å². The summed E-state index contributed by atoms with van der Waals surface area (Å²) in [5.41, 5.74) is 10.0. The van der Waals surface area contributed by atoms with Gasteiger partial charge in [0, 0.05) is 25.0 Å². The van der Waals surface area contributed by atoms with Gasteiger partial charge in [0.15, 0.2) is 0 Å². The Bertz CT molecular complexity index is 779. The second-order valence-corrected chi connectivity index (χ2v) is 6.55. The van der Waals surface area contributed by atoms with E-state index in [2.05, 4.69) is 23.2 Å². The molecule has 24 heavy (non-hydrogen) atoms. The first-order valence-electron chi connectivity index (χ1n) is 8.26. The number of likely N-dealkylation sites (N-methyl/N-ethyl adjacent to an activating group) is 1. The van der Waals surface area contributed by atoms with Crippen LogP contribution in [-0.2, 0) is 24.1 Å². The zero-order chi connectivity index (χ0) is 17.3. The third kappa shape index (κ3) is 3.07. The lowest BCUT2D eigenvalue weighted by molar-refractivity contribution is -0.117. The number of nitrogens with one attached hydrogen (secondary N) is 1. The number of nitrogens with zero attached hydrogens (tertiary/aromatic N) is 1. The molecule has 0 bridgehead atoms. The smallest absolute Gasteiger partial charge is 0.255 e. The predicted octanol–water partition coefficient (Wildman–Crippen LogP) is 1.98. The lowest BCUT2D eigenvalue weighted by Crippen LogP contribution is -2.41. The van der Waals surface area contributed by atoms with E-state index in [-0.39, 0.29) is 18.4 Å². The average molecular weight is 325 g/mol. The van der Waals surface area contributed by atoms with Crippen molar-refractivity contribution in [2.75, 3.05) is 7.05 Å². The van der Waals surface area contributed by atoms with Gasteiger partial charge in [-0.3, -0.25) is 9.59 Å². The number of aryl methyl sites for hydroxylation is 2. The molecule has 1 aliphatic carbocycles. The molecular formula is C19H23N3O2. The first-order valence-corrected chi connectivity index (χ1v) is 8.26. The number of benzene rings is 1. The van der Waals surface area contributed by atoms with E-state index in [1.54, 1.807) is 6.20 Å². The van der Waals surface area contributed by atoms with Crippen molar-refractivity contribution in [1.82, 2.24) is 9.88 Å². The molecule has 5 heteroatoms. The van der Waals surface area contributed by atoms with Crippen LogP contribution in [0, 0.1) is 6.92 Å². The molecule has 1 aromatic heterocycles. The molecule has 0 fully saturated rings. The topological polar surface area (TPSA) is 79.2 Å². The molecular weight excluding hydrogens is 302 g/mol. The van der Waals surface area contributed by atoms with Crippen LogP contribution in [0.5, 0.6) is 0 Å². The van der Waals surface area contributed by atoms with Crippen molar-refractivity contribution in [2.24, 2.45) is 5.73 Å². The number of fused-ring (bicyclic) bond motifs is 1. The van der Waals surface area contributed by atoms with Gasteiger partial charge in [0.05, 0.1) is 12.0 Å². The van der Waals surface area contributed by atoms with Crippen LogP contribution in [0.1, 0.15) is 39.2 Å². The molecule has 1 atom stereocenters. The minimum atomic E-state index is -0.444. The highest BCUT2D eigenvalue weighted by Gasteiger charge is 2.28. The van der Waals surface area contributed by atoms with Crippen molar-refractivity contribution in [3.63, 3.8) is 0 Å². The third-order valence-electron chi connectivity index (χ3n) is 4.91. The number of carbonyl (C=O) groups excluding carboxylic acids is 2. The van der Waals surface area contributed by atoms with Crippen LogP contribution in [0.2, 0.25) is 0 Å². The normalized spacial score (nSPS) is 16.5. The lowest BCUT2D eigenvalue weighted by Gasteiger charge is -2.32. The molecule has 0 saturated heterocycles. The fraction of sp³-hybridized carbons (Fsp3) is 0.368. The molecule has 1 aromatic carbocycles. The Balaban J connectivity index is 1.81. The van der Waals surface area contributed by atoms with Crippen LogP contribution in [0.15, 0.2) is 30.5 Å². The molecule has 1 heterocycles. The summed E-state index contributed by atoms with van der Waals surface area (Å²) in [4.78, 5) is 29.1. The van der Waals surface area contributed by atoms with Gasteiger partial charge in [-0.05, 0) is 42.9 Å². The number of H-pyrrole nitrogens is 1. The number of hydrogen-bond donors (Lipinski definition) is 2. The van der Waals surface area contributed by atoms with Crippen molar-refractivity contribution in [3.8, 4) is 0 Å². The van der Waals surface area contributed by atoms with Gasteiger partial charge in [-0.1, -0.05) is 24.3 Å². The quantitative estimate of drug-likeness (QED) is 0.901. The maximum Gasteiger partial charge on any atom is 0.255 e. The summed E-state index contributed by atoms with van der Waals surface area (Å²) in [6.45, 7) is 1.87. The maximum absolute atomic E-state index is 13.0. The van der Waals surface area contributed by atoms with Gasteiger partial charge in [-0.25, -0.2) is 0 Å². The second-order valence-electron chi connectivity index (χ2n) is 6.55.